The Labute approximate surface area is 148 Å². The summed E-state index contributed by atoms with van der Waals surface area (Å²) >= 11 is 1.39. The highest BCUT2D eigenvalue weighted by Crippen LogP contribution is 2.30. The van der Waals surface area contributed by atoms with E-state index in [0.717, 1.165) is 31.9 Å². The number of hydrogen-bond donors (Lipinski definition) is 0. The summed E-state index contributed by atoms with van der Waals surface area (Å²) in [4.78, 5) is 18.3. The Morgan fingerprint density at radius 3 is 2.92 bits per heavy atom. The summed E-state index contributed by atoms with van der Waals surface area (Å²) < 4.78 is 38.4. The zero-order valence-electron chi connectivity index (χ0n) is 13.6. The van der Waals surface area contributed by atoms with Gasteiger partial charge in [0.25, 0.3) is 5.91 Å². The molecule has 0 saturated carbocycles. The molecule has 0 aliphatic carbocycles. The Bertz CT molecular complexity index is 715. The van der Waals surface area contributed by atoms with Gasteiger partial charge in [-0.2, -0.15) is 13.2 Å². The van der Waals surface area contributed by atoms with Gasteiger partial charge in [0.1, 0.15) is 5.69 Å². The molecular weight excluding hydrogens is 349 g/mol. The maximum Gasteiger partial charge on any atom is 0.416 e. The van der Waals surface area contributed by atoms with Gasteiger partial charge in [0.15, 0.2) is 0 Å². The molecule has 1 atom stereocenters. The number of carbonyl (C=O) groups excluding carboxylic acids is 1. The molecule has 2 aromatic rings. The van der Waals surface area contributed by atoms with E-state index in [-0.39, 0.29) is 5.91 Å². The number of nitrogens with zero attached hydrogens (tertiary/aromatic N) is 2. The van der Waals surface area contributed by atoms with Crippen molar-refractivity contribution in [3.8, 4) is 0 Å². The Morgan fingerprint density at radius 2 is 2.20 bits per heavy atom. The minimum absolute atomic E-state index is 0.0509. The Balaban J connectivity index is 1.57. The third-order valence-electron chi connectivity index (χ3n) is 4.55. The average Bonchev–Trinajstić information content (AvgIpc) is 3.14. The van der Waals surface area contributed by atoms with E-state index in [9.17, 15) is 18.0 Å². The summed E-state index contributed by atoms with van der Waals surface area (Å²) in [7, 11) is 0. The number of carbonyl (C=O) groups is 1. The van der Waals surface area contributed by atoms with E-state index < -0.39 is 11.7 Å². The van der Waals surface area contributed by atoms with E-state index in [4.69, 9.17) is 0 Å². The fraction of sp³-hybridized carbons (Fsp3) is 0.444. The second-order valence-corrected chi connectivity index (χ2v) is 7.09. The van der Waals surface area contributed by atoms with Crippen LogP contribution in [0.3, 0.4) is 0 Å². The van der Waals surface area contributed by atoms with Gasteiger partial charge >= 0.3 is 6.18 Å². The smallest absolute Gasteiger partial charge is 0.337 e. The van der Waals surface area contributed by atoms with Crippen LogP contribution in [0.5, 0.6) is 0 Å². The Hall–Kier alpha value is -1.89. The fourth-order valence-electron chi connectivity index (χ4n) is 3.24. The number of halogens is 3. The van der Waals surface area contributed by atoms with Crippen molar-refractivity contribution in [2.24, 2.45) is 5.92 Å². The molecule has 0 unspecified atom stereocenters. The molecule has 1 aliphatic heterocycles. The van der Waals surface area contributed by atoms with Crippen molar-refractivity contribution >= 4 is 17.2 Å². The molecule has 7 heteroatoms. The van der Waals surface area contributed by atoms with Gasteiger partial charge in [-0.1, -0.05) is 18.2 Å². The number of amides is 1. The molecule has 3 nitrogen and oxygen atoms in total. The minimum atomic E-state index is -4.31. The lowest BCUT2D eigenvalue weighted by molar-refractivity contribution is -0.137. The maximum absolute atomic E-state index is 12.8. The lowest BCUT2D eigenvalue weighted by Crippen LogP contribution is -2.40. The van der Waals surface area contributed by atoms with E-state index in [1.807, 2.05) is 4.90 Å². The fourth-order valence-corrected chi connectivity index (χ4v) is 3.77. The summed E-state index contributed by atoms with van der Waals surface area (Å²) in [6.45, 7) is 1.37. The minimum Gasteiger partial charge on any atom is -0.337 e. The molecule has 0 bridgehead atoms. The first-order valence-corrected chi connectivity index (χ1v) is 9.21. The van der Waals surface area contributed by atoms with Crippen LogP contribution in [0.15, 0.2) is 35.2 Å². The van der Waals surface area contributed by atoms with Crippen LogP contribution in [-0.2, 0) is 12.6 Å². The van der Waals surface area contributed by atoms with Gasteiger partial charge in [-0.05, 0) is 43.2 Å². The summed E-state index contributed by atoms with van der Waals surface area (Å²) in [5.74, 6) is 0.260. The number of aryl methyl sites for hydroxylation is 1. The molecular formula is C18H19F3N2OS. The normalized spacial score (nSPS) is 18.4. The van der Waals surface area contributed by atoms with Gasteiger partial charge in [-0.25, -0.2) is 4.98 Å². The monoisotopic (exact) mass is 368 g/mol. The van der Waals surface area contributed by atoms with Crippen molar-refractivity contribution in [3.63, 3.8) is 0 Å². The first-order chi connectivity index (χ1) is 11.9. The molecule has 1 fully saturated rings. The van der Waals surface area contributed by atoms with E-state index in [2.05, 4.69) is 4.98 Å². The number of benzene rings is 1. The second kappa shape index (κ2) is 7.56. The quantitative estimate of drug-likeness (QED) is 0.787. The summed E-state index contributed by atoms with van der Waals surface area (Å²) in [6, 6.07) is 5.51. The highest BCUT2D eigenvalue weighted by molar-refractivity contribution is 7.07. The van der Waals surface area contributed by atoms with Crippen molar-refractivity contribution in [3.05, 3.63) is 52.0 Å². The van der Waals surface area contributed by atoms with E-state index in [1.54, 1.807) is 17.0 Å². The van der Waals surface area contributed by atoms with Gasteiger partial charge in [0.2, 0.25) is 0 Å². The zero-order valence-corrected chi connectivity index (χ0v) is 14.4. The number of alkyl halides is 3. The van der Waals surface area contributed by atoms with Gasteiger partial charge in [0.05, 0.1) is 11.1 Å². The molecule has 3 rings (SSSR count). The largest absolute Gasteiger partial charge is 0.416 e. The highest BCUT2D eigenvalue weighted by Gasteiger charge is 2.30. The first kappa shape index (κ1) is 17.9. The van der Waals surface area contributed by atoms with Crippen molar-refractivity contribution < 1.29 is 18.0 Å². The second-order valence-electron chi connectivity index (χ2n) is 6.37. The molecule has 134 valence electrons. The molecule has 0 spiro atoms. The van der Waals surface area contributed by atoms with Crippen molar-refractivity contribution in [2.45, 2.75) is 31.9 Å². The van der Waals surface area contributed by atoms with Crippen molar-refractivity contribution in [1.29, 1.82) is 0 Å². The first-order valence-electron chi connectivity index (χ1n) is 8.27. The number of rotatable bonds is 4. The topological polar surface area (TPSA) is 33.2 Å². The van der Waals surface area contributed by atoms with Crippen LogP contribution >= 0.6 is 11.3 Å². The Kier molecular flexibility index (Phi) is 5.42. The summed E-state index contributed by atoms with van der Waals surface area (Å²) in [6.07, 6.45) is -1.02. The van der Waals surface area contributed by atoms with E-state index in [1.165, 1.54) is 23.5 Å². The lowest BCUT2D eigenvalue weighted by Gasteiger charge is -2.32. The molecule has 1 aliphatic rings. The number of hydrogen-bond acceptors (Lipinski definition) is 3. The van der Waals surface area contributed by atoms with Crippen LogP contribution in [0.25, 0.3) is 0 Å². The van der Waals surface area contributed by atoms with Crippen LogP contribution in [0.2, 0.25) is 0 Å². The van der Waals surface area contributed by atoms with Crippen LogP contribution in [0.1, 0.15) is 40.9 Å². The molecule has 1 aromatic carbocycles. The third-order valence-corrected chi connectivity index (χ3v) is 5.14. The van der Waals surface area contributed by atoms with Crippen LogP contribution in [0, 0.1) is 5.92 Å². The van der Waals surface area contributed by atoms with Gasteiger partial charge in [-0.3, -0.25) is 4.79 Å². The predicted molar refractivity (Wildman–Crippen MR) is 90.5 cm³/mol. The van der Waals surface area contributed by atoms with Gasteiger partial charge in [-0.15, -0.1) is 11.3 Å². The third kappa shape index (κ3) is 4.60. The predicted octanol–water partition coefficient (Wildman–Crippen LogP) is 4.65. The SMILES string of the molecule is O=C(c1cscn1)N1CCC[C@@H](CCc2cccc(C(F)(F)F)c2)C1. The number of thiazole rings is 1. The molecule has 1 aromatic heterocycles. The number of piperidine rings is 1. The Morgan fingerprint density at radius 1 is 1.36 bits per heavy atom. The highest BCUT2D eigenvalue weighted by atomic mass is 32.1. The summed E-state index contributed by atoms with van der Waals surface area (Å²) in [5, 5.41) is 1.74. The standard InChI is InChI=1S/C18H19F3N2OS/c19-18(20,21)15-5-1-3-13(9-15)6-7-14-4-2-8-23(10-14)17(24)16-11-25-12-22-16/h1,3,5,9,11-12,14H,2,4,6-8,10H2/t14-/m0/s1. The zero-order chi connectivity index (χ0) is 17.9. The maximum atomic E-state index is 12.8. The van der Waals surface area contributed by atoms with Gasteiger partial charge in [0, 0.05) is 18.5 Å². The number of aromatic nitrogens is 1. The van der Waals surface area contributed by atoms with Crippen LogP contribution in [-0.4, -0.2) is 28.9 Å². The molecule has 1 amide bonds. The molecule has 0 N–H and O–H groups in total. The summed E-state index contributed by atoms with van der Waals surface area (Å²) in [5.41, 5.74) is 2.21. The van der Waals surface area contributed by atoms with Crippen LogP contribution < -0.4 is 0 Å². The van der Waals surface area contributed by atoms with Crippen molar-refractivity contribution in [1.82, 2.24) is 9.88 Å². The average molecular weight is 368 g/mol. The molecule has 25 heavy (non-hydrogen) atoms. The molecule has 1 saturated heterocycles. The molecule has 2 heterocycles. The van der Waals surface area contributed by atoms with Crippen molar-refractivity contribution in [2.75, 3.05) is 13.1 Å². The molecule has 0 radical (unpaired) electrons. The number of likely N-dealkylation sites (tertiary alicyclic amines) is 1. The van der Waals surface area contributed by atoms with E-state index in [0.29, 0.717) is 30.1 Å². The van der Waals surface area contributed by atoms with Gasteiger partial charge < -0.3 is 4.90 Å². The van der Waals surface area contributed by atoms with E-state index >= 15 is 0 Å². The lowest BCUT2D eigenvalue weighted by atomic mass is 9.91. The van der Waals surface area contributed by atoms with Crippen LogP contribution in [0.4, 0.5) is 13.2 Å².